The van der Waals surface area contributed by atoms with Crippen LogP contribution in [0.2, 0.25) is 0 Å². The fourth-order valence-electron chi connectivity index (χ4n) is 4.09. The van der Waals surface area contributed by atoms with E-state index in [4.69, 9.17) is 18.6 Å². The molecule has 2 heterocycles. The Balaban J connectivity index is 1.33. The van der Waals surface area contributed by atoms with Crippen molar-refractivity contribution in [2.45, 2.75) is 27.4 Å². The van der Waals surface area contributed by atoms with Gasteiger partial charge in [-0.05, 0) is 81.4 Å². The lowest BCUT2D eigenvalue weighted by Gasteiger charge is -2.15. The molecule has 0 radical (unpaired) electrons. The predicted molar refractivity (Wildman–Crippen MR) is 156 cm³/mol. The fraction of sp³-hybridized carbons (Fsp3) is 0.258. The molecule has 0 aliphatic carbocycles. The first-order chi connectivity index (χ1) is 19.7. The van der Waals surface area contributed by atoms with Crippen LogP contribution in [-0.4, -0.2) is 50.0 Å². The lowest BCUT2D eigenvalue weighted by atomic mass is 10.2. The van der Waals surface area contributed by atoms with Crippen LogP contribution < -0.4 is 19.8 Å². The summed E-state index contributed by atoms with van der Waals surface area (Å²) in [5, 5.41) is 4.03. The van der Waals surface area contributed by atoms with Crippen molar-refractivity contribution in [1.82, 2.24) is 9.99 Å². The van der Waals surface area contributed by atoms with Crippen molar-refractivity contribution < 1.29 is 28.2 Å². The van der Waals surface area contributed by atoms with Crippen LogP contribution in [0, 0.1) is 13.8 Å². The standard InChI is InChI=1S/C31H34N4O6/c1-6-38-30(36)20-40-29-17-25(34(4)5)10-9-23(29)18-32-33-31(37)28-16-15-27(41-28)19-39-26-13-11-24(12-14-26)35-21(2)7-8-22(35)3/h7-18H,6,19-20H2,1-5H3,(H,33,37)/b32-18+. The first kappa shape index (κ1) is 29.0. The minimum Gasteiger partial charge on any atom is -0.486 e. The Morgan fingerprint density at radius 3 is 2.39 bits per heavy atom. The van der Waals surface area contributed by atoms with Gasteiger partial charge in [-0.25, -0.2) is 10.2 Å². The first-order valence-electron chi connectivity index (χ1n) is 13.1. The van der Waals surface area contributed by atoms with E-state index in [1.165, 1.54) is 6.21 Å². The van der Waals surface area contributed by atoms with Crippen LogP contribution in [0.4, 0.5) is 5.69 Å². The van der Waals surface area contributed by atoms with Gasteiger partial charge in [0.1, 0.15) is 23.9 Å². The van der Waals surface area contributed by atoms with Gasteiger partial charge in [0, 0.05) is 48.5 Å². The summed E-state index contributed by atoms with van der Waals surface area (Å²) in [4.78, 5) is 26.2. The third-order valence-corrected chi connectivity index (χ3v) is 6.17. The third-order valence-electron chi connectivity index (χ3n) is 6.17. The van der Waals surface area contributed by atoms with Crippen molar-refractivity contribution in [3.8, 4) is 17.2 Å². The molecule has 10 nitrogen and oxygen atoms in total. The van der Waals surface area contributed by atoms with Gasteiger partial charge >= 0.3 is 11.9 Å². The number of hydrogen-bond donors (Lipinski definition) is 1. The lowest BCUT2D eigenvalue weighted by Crippen LogP contribution is -2.18. The van der Waals surface area contributed by atoms with Crippen molar-refractivity contribution in [2.24, 2.45) is 5.10 Å². The number of carbonyl (C=O) groups is 2. The molecular weight excluding hydrogens is 524 g/mol. The minimum atomic E-state index is -0.520. The molecule has 214 valence electrons. The molecule has 0 bridgehead atoms. The number of esters is 1. The van der Waals surface area contributed by atoms with E-state index in [1.807, 2.05) is 49.3 Å². The van der Waals surface area contributed by atoms with Crippen molar-refractivity contribution >= 4 is 23.8 Å². The van der Waals surface area contributed by atoms with Crippen LogP contribution in [0.5, 0.6) is 11.5 Å². The normalized spacial score (nSPS) is 11.0. The Morgan fingerprint density at radius 1 is 0.976 bits per heavy atom. The second kappa shape index (κ2) is 13.4. The number of furan rings is 1. The number of aromatic nitrogens is 1. The number of hydrogen-bond acceptors (Lipinski definition) is 8. The molecule has 0 saturated carbocycles. The molecule has 0 aliphatic heterocycles. The van der Waals surface area contributed by atoms with Gasteiger partial charge in [0.25, 0.3) is 0 Å². The van der Waals surface area contributed by atoms with E-state index in [9.17, 15) is 9.59 Å². The first-order valence-corrected chi connectivity index (χ1v) is 13.1. The van der Waals surface area contributed by atoms with Gasteiger partial charge in [0.15, 0.2) is 12.4 Å². The van der Waals surface area contributed by atoms with E-state index in [2.05, 4.69) is 41.1 Å². The third kappa shape index (κ3) is 7.57. The van der Waals surface area contributed by atoms with Gasteiger partial charge in [-0.2, -0.15) is 5.10 Å². The molecule has 1 N–H and O–H groups in total. The molecular formula is C31H34N4O6. The molecule has 0 spiro atoms. The number of rotatable bonds is 12. The smallest absolute Gasteiger partial charge is 0.344 e. The Bertz CT molecular complexity index is 1500. The van der Waals surface area contributed by atoms with Gasteiger partial charge < -0.3 is 28.1 Å². The summed E-state index contributed by atoms with van der Waals surface area (Å²) in [5.41, 5.74) is 7.27. The Kier molecular flexibility index (Phi) is 9.47. The summed E-state index contributed by atoms with van der Waals surface area (Å²) in [6, 6.07) is 20.6. The molecule has 4 rings (SSSR count). The highest BCUT2D eigenvalue weighted by atomic mass is 16.6. The molecule has 4 aromatic rings. The molecule has 0 fully saturated rings. The Labute approximate surface area is 239 Å². The van der Waals surface area contributed by atoms with E-state index in [-0.39, 0.29) is 25.6 Å². The fourth-order valence-corrected chi connectivity index (χ4v) is 4.09. The number of nitrogens with one attached hydrogen (secondary N) is 1. The summed E-state index contributed by atoms with van der Waals surface area (Å²) in [5.74, 6) is 0.699. The molecule has 41 heavy (non-hydrogen) atoms. The monoisotopic (exact) mass is 558 g/mol. The molecule has 10 heteroatoms. The minimum absolute atomic E-state index is 0.0939. The van der Waals surface area contributed by atoms with Gasteiger partial charge in [0.05, 0.1) is 12.8 Å². The SMILES string of the molecule is CCOC(=O)COc1cc(N(C)C)ccc1/C=N/NC(=O)c1ccc(COc2ccc(-n3c(C)ccc3C)cc2)o1. The number of nitrogens with zero attached hydrogens (tertiary/aromatic N) is 3. The van der Waals surface area contributed by atoms with Crippen LogP contribution in [0.1, 0.15) is 40.2 Å². The predicted octanol–water partition coefficient (Wildman–Crippen LogP) is 5.04. The van der Waals surface area contributed by atoms with Crippen molar-refractivity contribution in [1.29, 1.82) is 0 Å². The Hall–Kier alpha value is -4.99. The topological polar surface area (TPSA) is 108 Å². The Morgan fingerprint density at radius 2 is 1.71 bits per heavy atom. The summed E-state index contributed by atoms with van der Waals surface area (Å²) >= 11 is 0. The maximum absolute atomic E-state index is 12.6. The van der Waals surface area contributed by atoms with E-state index in [1.54, 1.807) is 31.2 Å². The van der Waals surface area contributed by atoms with E-state index >= 15 is 0 Å². The molecule has 0 aliphatic rings. The highest BCUT2D eigenvalue weighted by Crippen LogP contribution is 2.24. The number of anilines is 1. The summed E-state index contributed by atoms with van der Waals surface area (Å²) in [6.07, 6.45) is 1.44. The van der Waals surface area contributed by atoms with E-state index in [0.29, 0.717) is 22.8 Å². The zero-order chi connectivity index (χ0) is 29.4. The van der Waals surface area contributed by atoms with Gasteiger partial charge in [-0.3, -0.25) is 4.79 Å². The molecule has 2 aromatic heterocycles. The van der Waals surface area contributed by atoms with Crippen LogP contribution in [0.25, 0.3) is 5.69 Å². The molecule has 0 saturated heterocycles. The van der Waals surface area contributed by atoms with Crippen molar-refractivity contribution in [3.63, 3.8) is 0 Å². The lowest BCUT2D eigenvalue weighted by molar-refractivity contribution is -0.145. The second-order valence-electron chi connectivity index (χ2n) is 9.41. The zero-order valence-electron chi connectivity index (χ0n) is 23.8. The second-order valence-corrected chi connectivity index (χ2v) is 9.41. The number of aryl methyl sites for hydroxylation is 2. The van der Waals surface area contributed by atoms with Crippen LogP contribution >= 0.6 is 0 Å². The van der Waals surface area contributed by atoms with Crippen molar-refractivity contribution in [3.05, 3.63) is 95.2 Å². The van der Waals surface area contributed by atoms with Crippen molar-refractivity contribution in [2.75, 3.05) is 32.2 Å². The maximum Gasteiger partial charge on any atom is 0.344 e. The van der Waals surface area contributed by atoms with Gasteiger partial charge in [0.2, 0.25) is 0 Å². The molecule has 0 unspecified atom stereocenters. The highest BCUT2D eigenvalue weighted by Gasteiger charge is 2.13. The number of benzene rings is 2. The van der Waals surface area contributed by atoms with Crippen LogP contribution in [0.3, 0.4) is 0 Å². The summed E-state index contributed by atoms with van der Waals surface area (Å²) in [6.45, 7) is 6.04. The van der Waals surface area contributed by atoms with Gasteiger partial charge in [-0.15, -0.1) is 0 Å². The van der Waals surface area contributed by atoms with E-state index < -0.39 is 11.9 Å². The summed E-state index contributed by atoms with van der Waals surface area (Å²) in [7, 11) is 3.78. The van der Waals surface area contributed by atoms with Crippen LogP contribution in [0.15, 0.2) is 76.2 Å². The molecule has 2 aromatic carbocycles. The van der Waals surface area contributed by atoms with Gasteiger partial charge in [-0.1, -0.05) is 0 Å². The average Bonchev–Trinajstić information content (AvgIpc) is 3.57. The maximum atomic E-state index is 12.6. The largest absolute Gasteiger partial charge is 0.486 e. The summed E-state index contributed by atoms with van der Waals surface area (Å²) < 4.78 is 24.2. The number of ether oxygens (including phenoxy) is 3. The van der Waals surface area contributed by atoms with E-state index in [0.717, 1.165) is 22.8 Å². The molecule has 0 atom stereocenters. The zero-order valence-corrected chi connectivity index (χ0v) is 23.8. The number of amides is 1. The number of hydrazone groups is 1. The number of carbonyl (C=O) groups excluding carboxylic acids is 2. The highest BCUT2D eigenvalue weighted by molar-refractivity contribution is 5.93. The van der Waals surface area contributed by atoms with Crippen LogP contribution in [-0.2, 0) is 16.1 Å². The average molecular weight is 559 g/mol. The quantitative estimate of drug-likeness (QED) is 0.148. The molecule has 1 amide bonds.